The van der Waals surface area contributed by atoms with Crippen LogP contribution in [0.1, 0.15) is 51.9 Å². The van der Waals surface area contributed by atoms with Crippen LogP contribution in [-0.2, 0) is 14.3 Å². The second kappa shape index (κ2) is 4.50. The average Bonchev–Trinajstić information content (AvgIpc) is 2.24. The van der Waals surface area contributed by atoms with Crippen LogP contribution >= 0.6 is 0 Å². The first kappa shape index (κ1) is 12.9. The van der Waals surface area contributed by atoms with Gasteiger partial charge in [0.2, 0.25) is 0 Å². The molecule has 0 heterocycles. The number of hydrogen-bond acceptors (Lipinski definition) is 3. The van der Waals surface area contributed by atoms with Crippen molar-refractivity contribution >= 4 is 11.9 Å². The first-order valence-electron chi connectivity index (χ1n) is 7.36. The van der Waals surface area contributed by atoms with Crippen LogP contribution in [0.2, 0.25) is 0 Å². The van der Waals surface area contributed by atoms with Crippen molar-refractivity contribution in [1.29, 1.82) is 0 Å². The lowest BCUT2D eigenvalue weighted by atomic mass is 9.48. The highest BCUT2D eigenvalue weighted by atomic mass is 16.6. The number of carboxylic acids is 1. The lowest BCUT2D eigenvalue weighted by molar-refractivity contribution is -0.168. The smallest absolute Gasteiger partial charge is 0.345 e. The molecule has 1 N–H and O–H groups in total. The molecule has 4 nitrogen and oxygen atoms in total. The van der Waals surface area contributed by atoms with Crippen LogP contribution < -0.4 is 0 Å². The normalized spacial score (nSPS) is 41.0. The second-order valence-electron chi connectivity index (χ2n) is 7.06. The van der Waals surface area contributed by atoms with Crippen LogP contribution in [0.25, 0.3) is 0 Å². The van der Waals surface area contributed by atoms with E-state index in [-0.39, 0.29) is 5.41 Å². The van der Waals surface area contributed by atoms with Crippen LogP contribution in [0.5, 0.6) is 0 Å². The third-order valence-electron chi connectivity index (χ3n) is 5.37. The van der Waals surface area contributed by atoms with Crippen molar-refractivity contribution in [3.63, 3.8) is 0 Å². The third kappa shape index (κ3) is 2.49. The molecule has 4 saturated carbocycles. The Balaban J connectivity index is 1.74. The molecular weight excluding hydrogens is 244 g/mol. The van der Waals surface area contributed by atoms with Gasteiger partial charge in [-0.15, -0.1) is 0 Å². The maximum atomic E-state index is 11.3. The molecule has 1 atom stereocenters. The fourth-order valence-electron chi connectivity index (χ4n) is 5.31. The molecule has 4 aliphatic rings. The van der Waals surface area contributed by atoms with Crippen molar-refractivity contribution in [3.05, 3.63) is 0 Å². The van der Waals surface area contributed by atoms with E-state index in [1.807, 2.05) is 0 Å². The van der Waals surface area contributed by atoms with Gasteiger partial charge in [-0.2, -0.15) is 0 Å². The van der Waals surface area contributed by atoms with Gasteiger partial charge in [0.1, 0.15) is 0 Å². The van der Waals surface area contributed by atoms with Gasteiger partial charge in [0.05, 0.1) is 0 Å². The highest BCUT2D eigenvalue weighted by Crippen LogP contribution is 2.61. The van der Waals surface area contributed by atoms with Crippen molar-refractivity contribution in [3.8, 4) is 0 Å². The summed E-state index contributed by atoms with van der Waals surface area (Å²) in [6, 6.07) is 0. The van der Waals surface area contributed by atoms with Gasteiger partial charge in [-0.3, -0.25) is 4.79 Å². The monoisotopic (exact) mass is 266 g/mol. The summed E-state index contributed by atoms with van der Waals surface area (Å²) < 4.78 is 5.01. The summed E-state index contributed by atoms with van der Waals surface area (Å²) in [7, 11) is 0. The van der Waals surface area contributed by atoms with Gasteiger partial charge in [-0.1, -0.05) is 0 Å². The Bertz CT molecular complexity index is 366. The van der Waals surface area contributed by atoms with E-state index in [0.717, 1.165) is 37.0 Å². The lowest BCUT2D eigenvalue weighted by Gasteiger charge is -2.57. The number of ether oxygens (including phenoxy) is 1. The van der Waals surface area contributed by atoms with E-state index in [1.165, 1.54) is 26.2 Å². The number of carbonyl (C=O) groups is 2. The number of rotatable bonds is 4. The quantitative estimate of drug-likeness (QED) is 0.794. The Morgan fingerprint density at radius 1 is 1.16 bits per heavy atom. The first-order chi connectivity index (χ1) is 8.96. The van der Waals surface area contributed by atoms with Crippen LogP contribution in [0.3, 0.4) is 0 Å². The Hall–Kier alpha value is -1.06. The maximum absolute atomic E-state index is 11.3. The Kier molecular flexibility index (Phi) is 3.06. The molecule has 1 unspecified atom stereocenters. The van der Waals surface area contributed by atoms with E-state index in [0.29, 0.717) is 6.42 Å². The molecule has 4 fully saturated rings. The molecule has 0 spiro atoms. The summed E-state index contributed by atoms with van der Waals surface area (Å²) in [5.41, 5.74) is 0.132. The van der Waals surface area contributed by atoms with Crippen LogP contribution in [0.4, 0.5) is 0 Å². The van der Waals surface area contributed by atoms with E-state index >= 15 is 0 Å². The molecular formula is C15H22O4. The number of carboxylic acid groups (broad SMARTS) is 1. The predicted molar refractivity (Wildman–Crippen MR) is 68.4 cm³/mol. The molecule has 4 aliphatic carbocycles. The van der Waals surface area contributed by atoms with Gasteiger partial charge < -0.3 is 9.84 Å². The highest BCUT2D eigenvalue weighted by molar-refractivity contribution is 5.77. The molecule has 0 saturated heterocycles. The molecule has 0 radical (unpaired) electrons. The van der Waals surface area contributed by atoms with Crippen LogP contribution in [-0.4, -0.2) is 23.1 Å². The summed E-state index contributed by atoms with van der Waals surface area (Å²) in [6.07, 6.45) is 7.01. The van der Waals surface area contributed by atoms with Crippen molar-refractivity contribution in [2.24, 2.45) is 23.2 Å². The van der Waals surface area contributed by atoms with E-state index < -0.39 is 18.0 Å². The number of hydrogen-bond donors (Lipinski definition) is 1. The molecule has 19 heavy (non-hydrogen) atoms. The Labute approximate surface area is 113 Å². The minimum Gasteiger partial charge on any atom is -0.479 e. The standard InChI is InChI=1S/C15H22O4/c1-9(16)19-13(14(17)18)8-15-5-10-2-11(6-15)4-12(3-10)7-15/h10-13H,2-8H2,1H3,(H,17,18). The predicted octanol–water partition coefficient (Wildman–Crippen LogP) is 2.61. The van der Waals surface area contributed by atoms with Gasteiger partial charge in [0, 0.05) is 13.3 Å². The van der Waals surface area contributed by atoms with E-state index in [4.69, 9.17) is 4.74 Å². The topological polar surface area (TPSA) is 63.6 Å². The zero-order chi connectivity index (χ0) is 13.6. The molecule has 4 heteroatoms. The van der Waals surface area contributed by atoms with Crippen molar-refractivity contribution in [1.82, 2.24) is 0 Å². The largest absolute Gasteiger partial charge is 0.479 e. The van der Waals surface area contributed by atoms with Crippen LogP contribution in [0.15, 0.2) is 0 Å². The summed E-state index contributed by atoms with van der Waals surface area (Å²) >= 11 is 0. The lowest BCUT2D eigenvalue weighted by Crippen LogP contribution is -2.48. The van der Waals surface area contributed by atoms with Crippen molar-refractivity contribution < 1.29 is 19.4 Å². The Morgan fingerprint density at radius 3 is 2.00 bits per heavy atom. The molecule has 0 aromatic carbocycles. The van der Waals surface area contributed by atoms with E-state index in [2.05, 4.69) is 0 Å². The fraction of sp³-hybridized carbons (Fsp3) is 0.867. The highest BCUT2D eigenvalue weighted by Gasteiger charge is 2.52. The van der Waals surface area contributed by atoms with Crippen molar-refractivity contribution in [2.45, 2.75) is 58.0 Å². The van der Waals surface area contributed by atoms with Gasteiger partial charge in [0.15, 0.2) is 6.10 Å². The first-order valence-corrected chi connectivity index (χ1v) is 7.36. The number of carbonyl (C=O) groups excluding carboxylic acids is 1. The van der Waals surface area contributed by atoms with Crippen molar-refractivity contribution in [2.75, 3.05) is 0 Å². The van der Waals surface area contributed by atoms with Gasteiger partial charge >= 0.3 is 11.9 Å². The van der Waals surface area contributed by atoms with Gasteiger partial charge in [0.25, 0.3) is 0 Å². The minimum atomic E-state index is -0.994. The molecule has 4 bridgehead atoms. The fourth-order valence-corrected chi connectivity index (χ4v) is 5.31. The summed E-state index contributed by atoms with van der Waals surface area (Å²) in [4.78, 5) is 22.3. The van der Waals surface area contributed by atoms with Gasteiger partial charge in [-0.05, 0) is 61.7 Å². The molecule has 0 aromatic heterocycles. The molecule has 4 rings (SSSR count). The number of aliphatic carboxylic acids is 1. The third-order valence-corrected chi connectivity index (χ3v) is 5.37. The average molecular weight is 266 g/mol. The zero-order valence-electron chi connectivity index (χ0n) is 11.4. The second-order valence-corrected chi connectivity index (χ2v) is 7.06. The van der Waals surface area contributed by atoms with E-state index in [9.17, 15) is 14.7 Å². The molecule has 0 aliphatic heterocycles. The van der Waals surface area contributed by atoms with E-state index in [1.54, 1.807) is 0 Å². The molecule has 106 valence electrons. The van der Waals surface area contributed by atoms with Crippen LogP contribution in [0, 0.1) is 23.2 Å². The van der Waals surface area contributed by atoms with Gasteiger partial charge in [-0.25, -0.2) is 4.79 Å². The molecule has 0 aromatic rings. The SMILES string of the molecule is CC(=O)OC(CC12CC3CC(CC(C3)C1)C2)C(=O)O. The number of esters is 1. The summed E-state index contributed by atoms with van der Waals surface area (Å²) in [5.74, 6) is 0.886. The maximum Gasteiger partial charge on any atom is 0.345 e. The summed E-state index contributed by atoms with van der Waals surface area (Å²) in [5, 5.41) is 9.25. The zero-order valence-corrected chi connectivity index (χ0v) is 11.4. The minimum absolute atomic E-state index is 0.132. The molecule has 0 amide bonds. The Morgan fingerprint density at radius 2 is 1.63 bits per heavy atom. The summed E-state index contributed by atoms with van der Waals surface area (Å²) in [6.45, 7) is 1.29.